The van der Waals surface area contributed by atoms with Crippen LogP contribution in [0.2, 0.25) is 0 Å². The van der Waals surface area contributed by atoms with E-state index in [0.717, 1.165) is 14.3 Å². The molecule has 4 heteroatoms. The molecule has 0 heterocycles. The first-order valence-corrected chi connectivity index (χ1v) is 6.61. The largest absolute Gasteiger partial charge is 0.504 e. The van der Waals surface area contributed by atoms with Gasteiger partial charge in [-0.2, -0.15) is 0 Å². The number of phenolic OH excluding ortho intramolecular Hbond substituents is 1. The third-order valence-corrected chi connectivity index (χ3v) is 4.19. The highest BCUT2D eigenvalue weighted by Crippen LogP contribution is 2.40. The van der Waals surface area contributed by atoms with Gasteiger partial charge in [0.15, 0.2) is 11.5 Å². The summed E-state index contributed by atoms with van der Waals surface area (Å²) in [6.45, 7) is 0. The van der Waals surface area contributed by atoms with Crippen LogP contribution in [0.15, 0.2) is 56.7 Å². The van der Waals surface area contributed by atoms with Crippen molar-refractivity contribution >= 4 is 27.7 Å². The van der Waals surface area contributed by atoms with Crippen molar-refractivity contribution < 1.29 is 9.84 Å². The Morgan fingerprint density at radius 3 is 2.53 bits per heavy atom. The highest BCUT2D eigenvalue weighted by molar-refractivity contribution is 9.10. The number of ether oxygens (including phenoxy) is 1. The van der Waals surface area contributed by atoms with Crippen molar-refractivity contribution in [3.63, 3.8) is 0 Å². The number of halogens is 1. The number of hydrogen-bond acceptors (Lipinski definition) is 3. The fourth-order valence-electron chi connectivity index (χ4n) is 1.38. The molecule has 0 spiro atoms. The van der Waals surface area contributed by atoms with Gasteiger partial charge in [0.25, 0.3) is 0 Å². The molecule has 88 valence electrons. The number of hydrogen-bond donors (Lipinski definition) is 1. The van der Waals surface area contributed by atoms with Crippen LogP contribution in [0.5, 0.6) is 11.5 Å². The van der Waals surface area contributed by atoms with Gasteiger partial charge in [-0.25, -0.2) is 0 Å². The zero-order valence-corrected chi connectivity index (χ0v) is 11.6. The summed E-state index contributed by atoms with van der Waals surface area (Å²) in [7, 11) is 1.53. The molecule has 0 saturated carbocycles. The molecule has 0 unspecified atom stereocenters. The Morgan fingerprint density at radius 2 is 1.88 bits per heavy atom. The van der Waals surface area contributed by atoms with E-state index in [0.29, 0.717) is 5.75 Å². The minimum atomic E-state index is 0.147. The monoisotopic (exact) mass is 310 g/mol. The first kappa shape index (κ1) is 12.3. The quantitative estimate of drug-likeness (QED) is 0.915. The van der Waals surface area contributed by atoms with Gasteiger partial charge in [-0.1, -0.05) is 30.0 Å². The second-order valence-corrected chi connectivity index (χ2v) is 5.34. The van der Waals surface area contributed by atoms with Gasteiger partial charge in [0.1, 0.15) is 0 Å². The molecule has 0 aliphatic rings. The van der Waals surface area contributed by atoms with Gasteiger partial charge in [0, 0.05) is 14.3 Å². The van der Waals surface area contributed by atoms with E-state index in [1.54, 1.807) is 23.9 Å². The van der Waals surface area contributed by atoms with Crippen molar-refractivity contribution in [2.45, 2.75) is 9.79 Å². The topological polar surface area (TPSA) is 29.5 Å². The third-order valence-electron chi connectivity index (χ3n) is 2.20. The molecule has 2 aromatic rings. The van der Waals surface area contributed by atoms with Crippen molar-refractivity contribution in [2.24, 2.45) is 0 Å². The maximum atomic E-state index is 9.73. The number of aromatic hydroxyl groups is 1. The Bertz CT molecular complexity index is 514. The van der Waals surface area contributed by atoms with Crippen LogP contribution in [0, 0.1) is 0 Å². The maximum Gasteiger partial charge on any atom is 0.161 e. The van der Waals surface area contributed by atoms with Crippen LogP contribution in [-0.2, 0) is 0 Å². The zero-order chi connectivity index (χ0) is 12.3. The van der Waals surface area contributed by atoms with E-state index < -0.39 is 0 Å². The third kappa shape index (κ3) is 2.96. The lowest BCUT2D eigenvalue weighted by Gasteiger charge is -2.08. The fourth-order valence-corrected chi connectivity index (χ4v) is 2.82. The molecule has 0 amide bonds. The second-order valence-electron chi connectivity index (χ2n) is 3.37. The molecule has 2 aromatic carbocycles. The maximum absolute atomic E-state index is 9.73. The number of methoxy groups -OCH3 is 1. The average molecular weight is 311 g/mol. The number of rotatable bonds is 3. The molecule has 0 fully saturated rings. The summed E-state index contributed by atoms with van der Waals surface area (Å²) in [5, 5.41) is 9.73. The summed E-state index contributed by atoms with van der Waals surface area (Å²) in [6, 6.07) is 13.5. The lowest BCUT2D eigenvalue weighted by Crippen LogP contribution is -1.85. The summed E-state index contributed by atoms with van der Waals surface area (Å²) in [4.78, 5) is 2.08. The fraction of sp³-hybridized carbons (Fsp3) is 0.0769. The molecule has 0 bridgehead atoms. The Hall–Kier alpha value is -1.13. The van der Waals surface area contributed by atoms with Crippen molar-refractivity contribution in [2.75, 3.05) is 7.11 Å². The molecule has 0 radical (unpaired) electrons. The van der Waals surface area contributed by atoms with Gasteiger partial charge >= 0.3 is 0 Å². The van der Waals surface area contributed by atoms with E-state index >= 15 is 0 Å². The van der Waals surface area contributed by atoms with Crippen LogP contribution in [0.25, 0.3) is 0 Å². The summed E-state index contributed by atoms with van der Waals surface area (Å²) in [5.41, 5.74) is 0. The summed E-state index contributed by atoms with van der Waals surface area (Å²) < 4.78 is 5.95. The predicted octanol–water partition coefficient (Wildman–Crippen LogP) is 4.31. The molecule has 0 aliphatic carbocycles. The highest BCUT2D eigenvalue weighted by Gasteiger charge is 2.09. The molecular weight excluding hydrogens is 300 g/mol. The van der Waals surface area contributed by atoms with Crippen molar-refractivity contribution in [1.82, 2.24) is 0 Å². The van der Waals surface area contributed by atoms with E-state index in [1.165, 1.54) is 7.11 Å². The van der Waals surface area contributed by atoms with Crippen molar-refractivity contribution in [3.05, 3.63) is 46.9 Å². The van der Waals surface area contributed by atoms with Gasteiger partial charge in [0.05, 0.1) is 7.11 Å². The molecular formula is C13H11BrO2S. The molecule has 0 aromatic heterocycles. The molecule has 1 N–H and O–H groups in total. The summed E-state index contributed by atoms with van der Waals surface area (Å²) in [5.74, 6) is 0.614. The normalized spacial score (nSPS) is 10.2. The average Bonchev–Trinajstić information content (AvgIpc) is 2.34. The zero-order valence-electron chi connectivity index (χ0n) is 9.18. The Kier molecular flexibility index (Phi) is 3.97. The molecule has 0 saturated heterocycles. The highest BCUT2D eigenvalue weighted by atomic mass is 79.9. The molecule has 0 aliphatic heterocycles. The van der Waals surface area contributed by atoms with Crippen LogP contribution in [0.1, 0.15) is 0 Å². The minimum Gasteiger partial charge on any atom is -0.504 e. The lowest BCUT2D eigenvalue weighted by atomic mass is 10.3. The van der Waals surface area contributed by atoms with Gasteiger partial charge in [0.2, 0.25) is 0 Å². The lowest BCUT2D eigenvalue weighted by molar-refractivity contribution is 0.372. The van der Waals surface area contributed by atoms with E-state index in [4.69, 9.17) is 4.74 Å². The van der Waals surface area contributed by atoms with E-state index in [1.807, 2.05) is 30.3 Å². The summed E-state index contributed by atoms with van der Waals surface area (Å²) >= 11 is 5.05. The van der Waals surface area contributed by atoms with Gasteiger partial charge in [-0.3, -0.25) is 0 Å². The van der Waals surface area contributed by atoms with E-state index in [9.17, 15) is 5.11 Å². The van der Waals surface area contributed by atoms with Crippen LogP contribution in [-0.4, -0.2) is 12.2 Å². The Labute approximate surface area is 113 Å². The Morgan fingerprint density at radius 1 is 1.18 bits per heavy atom. The molecule has 0 atom stereocenters. The second kappa shape index (κ2) is 5.47. The van der Waals surface area contributed by atoms with Gasteiger partial charge in [-0.05, 0) is 40.2 Å². The molecule has 17 heavy (non-hydrogen) atoms. The SMILES string of the molecule is COc1cc(Br)c(Sc2ccccc2)cc1O. The van der Waals surface area contributed by atoms with Gasteiger partial charge in [-0.15, -0.1) is 0 Å². The molecule has 2 nitrogen and oxygen atoms in total. The van der Waals surface area contributed by atoms with Gasteiger partial charge < -0.3 is 9.84 Å². The first-order chi connectivity index (χ1) is 8.20. The predicted molar refractivity (Wildman–Crippen MR) is 72.9 cm³/mol. The summed E-state index contributed by atoms with van der Waals surface area (Å²) in [6.07, 6.45) is 0. The smallest absolute Gasteiger partial charge is 0.161 e. The van der Waals surface area contributed by atoms with E-state index in [-0.39, 0.29) is 5.75 Å². The number of benzene rings is 2. The first-order valence-electron chi connectivity index (χ1n) is 5.00. The van der Waals surface area contributed by atoms with E-state index in [2.05, 4.69) is 15.9 Å². The standard InChI is InChI=1S/C13H11BrO2S/c1-16-12-7-10(14)13(8-11(12)15)17-9-5-3-2-4-6-9/h2-8,15H,1H3. The van der Waals surface area contributed by atoms with Crippen LogP contribution in [0.4, 0.5) is 0 Å². The van der Waals surface area contributed by atoms with Crippen LogP contribution < -0.4 is 4.74 Å². The number of phenols is 1. The van der Waals surface area contributed by atoms with Crippen LogP contribution in [0.3, 0.4) is 0 Å². The van der Waals surface area contributed by atoms with Crippen molar-refractivity contribution in [1.29, 1.82) is 0 Å². The van der Waals surface area contributed by atoms with Crippen molar-refractivity contribution in [3.8, 4) is 11.5 Å². The van der Waals surface area contributed by atoms with Crippen LogP contribution >= 0.6 is 27.7 Å². The Balaban J connectivity index is 2.31. The molecule has 2 rings (SSSR count). The minimum absolute atomic E-state index is 0.147.